The zero-order valence-electron chi connectivity index (χ0n) is 37.3. The molecule has 1 aliphatic carbocycles. The second-order valence-electron chi connectivity index (χ2n) is 16.9. The van der Waals surface area contributed by atoms with Gasteiger partial charge in [-0.3, -0.25) is 4.31 Å². The Morgan fingerprint density at radius 2 is 1.40 bits per heavy atom. The first-order valence-corrected chi connectivity index (χ1v) is 23.8. The highest BCUT2D eigenvalue weighted by Crippen LogP contribution is 2.44. The van der Waals surface area contributed by atoms with E-state index in [1.54, 1.807) is 101 Å². The summed E-state index contributed by atoms with van der Waals surface area (Å²) in [5, 5.41) is 24.5. The minimum atomic E-state index is -4.80. The molecule has 1 amide bonds. The molecule has 0 spiro atoms. The van der Waals surface area contributed by atoms with E-state index in [1.807, 2.05) is 12.1 Å². The minimum Gasteiger partial charge on any atom is -0.497 e. The lowest BCUT2D eigenvalue weighted by molar-refractivity contribution is 0.0293. The van der Waals surface area contributed by atoms with Gasteiger partial charge in [0.25, 0.3) is 0 Å². The average Bonchev–Trinajstić information content (AvgIpc) is 3.97. The topological polar surface area (TPSA) is 196 Å². The van der Waals surface area contributed by atoms with Gasteiger partial charge in [0.2, 0.25) is 26.7 Å². The highest BCUT2D eigenvalue weighted by atomic mass is 32.2. The van der Waals surface area contributed by atoms with Crippen LogP contribution in [0.15, 0.2) is 95.9 Å². The first kappa shape index (κ1) is 47.0. The summed E-state index contributed by atoms with van der Waals surface area (Å²) in [4.78, 5) is 15.7. The first-order valence-electron chi connectivity index (χ1n) is 21.2. The Balaban J connectivity index is 1.46. The quantitative estimate of drug-likeness (QED) is 0.108. The van der Waals surface area contributed by atoms with E-state index < -0.39 is 44.8 Å². The number of carbonyl (C=O) groups is 1. The van der Waals surface area contributed by atoms with Gasteiger partial charge in [-0.25, -0.2) is 21.6 Å². The van der Waals surface area contributed by atoms with E-state index in [-0.39, 0.29) is 61.1 Å². The molecule has 0 unspecified atom stereocenters. The molecule has 0 radical (unpaired) electrons. The number of tetrazole rings is 1. The van der Waals surface area contributed by atoms with Gasteiger partial charge in [-0.2, -0.15) is 9.10 Å². The molecule has 1 aliphatic heterocycles. The molecule has 5 aromatic rings. The van der Waals surface area contributed by atoms with Gasteiger partial charge in [0.05, 0.1) is 51.3 Å². The Bertz CT molecular complexity index is 2620. The van der Waals surface area contributed by atoms with Gasteiger partial charge in [0, 0.05) is 26.2 Å². The first-order chi connectivity index (χ1) is 31.1. The number of anilines is 1. The van der Waals surface area contributed by atoms with E-state index in [2.05, 4.69) is 10.3 Å². The third-order valence-electron chi connectivity index (χ3n) is 11.2. The number of thiol groups is 1. The number of aliphatic hydroxyl groups excluding tert-OH is 1. The van der Waals surface area contributed by atoms with E-state index in [4.69, 9.17) is 24.0 Å². The Morgan fingerprint density at radius 3 is 1.92 bits per heavy atom. The van der Waals surface area contributed by atoms with E-state index in [1.165, 1.54) is 34.3 Å². The lowest BCUT2D eigenvalue weighted by atomic mass is 9.89. The molecule has 2 atom stereocenters. The van der Waals surface area contributed by atoms with E-state index in [9.17, 15) is 18.3 Å². The lowest BCUT2D eigenvalue weighted by Gasteiger charge is -2.32. The van der Waals surface area contributed by atoms with Gasteiger partial charge in [0.1, 0.15) is 27.7 Å². The number of benzene rings is 4. The molecule has 2 heterocycles. The zero-order chi connectivity index (χ0) is 46.5. The van der Waals surface area contributed by atoms with Crippen molar-refractivity contribution in [3.8, 4) is 28.6 Å². The average molecular weight is 930 g/mol. The van der Waals surface area contributed by atoms with Crippen LogP contribution in [0.3, 0.4) is 0 Å². The molecule has 19 heteroatoms. The second kappa shape index (κ2) is 20.0. The Morgan fingerprint density at radius 1 is 0.831 bits per heavy atom. The molecule has 1 fully saturated rings. The van der Waals surface area contributed by atoms with Crippen LogP contribution in [0.5, 0.6) is 17.2 Å². The Labute approximate surface area is 381 Å². The van der Waals surface area contributed by atoms with Gasteiger partial charge in [-0.05, 0) is 122 Å². The molecule has 1 saturated heterocycles. The number of amides is 1. The third kappa shape index (κ3) is 11.1. The monoisotopic (exact) mass is 929 g/mol. The summed E-state index contributed by atoms with van der Waals surface area (Å²) < 4.78 is 83.9. The van der Waals surface area contributed by atoms with Crippen LogP contribution in [-0.4, -0.2) is 110 Å². The predicted molar refractivity (Wildman–Crippen MR) is 245 cm³/mol. The van der Waals surface area contributed by atoms with Crippen LogP contribution in [-0.2, 0) is 45.3 Å². The number of aliphatic hydroxyl groups is 1. The fourth-order valence-corrected chi connectivity index (χ4v) is 10.7. The molecular weight excluding hydrogens is 875 g/mol. The summed E-state index contributed by atoms with van der Waals surface area (Å²) in [5.74, 6) is 1.74. The number of sulfonamides is 1. The summed E-state index contributed by atoms with van der Waals surface area (Å²) >= 11 is 0. The van der Waals surface area contributed by atoms with Crippen molar-refractivity contribution in [2.24, 2.45) is 0 Å². The smallest absolute Gasteiger partial charge is 0.410 e. The van der Waals surface area contributed by atoms with E-state index >= 15 is 8.42 Å². The largest absolute Gasteiger partial charge is 0.497 e. The molecule has 4 aromatic carbocycles. The van der Waals surface area contributed by atoms with Gasteiger partial charge in [-0.1, -0.05) is 48.5 Å². The molecule has 346 valence electrons. The number of nitrogens with zero attached hydrogens (tertiary/aromatic N) is 7. The highest BCUT2D eigenvalue weighted by molar-refractivity contribution is 7.89. The normalized spacial score (nSPS) is 16.7. The van der Waals surface area contributed by atoms with Crippen LogP contribution in [0.4, 0.5) is 10.5 Å². The fourth-order valence-electron chi connectivity index (χ4n) is 8.01. The molecule has 7 rings (SSSR count). The Kier molecular flexibility index (Phi) is 14.5. The number of carbonyl (C=O) groups excluding carboxylic acids is 1. The SMILES string of the molecule is COc1ccc(CN(Cc2ccc(OC)cc2)S(=O)(=O)c2c(N([C@@H]3CCN(C(=O)OC(C)(C)C)C3)[SH](=O)=O)ccc(C3=C[C@H](O)CCC3)c2-c2nnn(Cc3ccc(OC)cc3)n2)cc1. The van der Waals surface area contributed by atoms with Gasteiger partial charge < -0.3 is 29.0 Å². The number of rotatable bonds is 16. The maximum absolute atomic E-state index is 16.1. The van der Waals surface area contributed by atoms with Gasteiger partial charge in [-0.15, -0.1) is 10.2 Å². The van der Waals surface area contributed by atoms with Crippen molar-refractivity contribution in [1.82, 2.24) is 29.4 Å². The maximum Gasteiger partial charge on any atom is 0.410 e. The Hall–Kier alpha value is -6.02. The van der Waals surface area contributed by atoms with Crippen molar-refractivity contribution in [2.75, 3.05) is 38.7 Å². The van der Waals surface area contributed by atoms with Crippen LogP contribution in [0.1, 0.15) is 68.7 Å². The van der Waals surface area contributed by atoms with Crippen LogP contribution in [0.2, 0.25) is 0 Å². The van der Waals surface area contributed by atoms with Crippen LogP contribution < -0.4 is 18.5 Å². The van der Waals surface area contributed by atoms with Crippen molar-refractivity contribution in [3.05, 3.63) is 113 Å². The number of aromatic nitrogens is 4. The van der Waals surface area contributed by atoms with Crippen molar-refractivity contribution in [2.45, 2.75) is 88.7 Å². The summed E-state index contributed by atoms with van der Waals surface area (Å²) in [6.07, 6.45) is 2.05. The summed E-state index contributed by atoms with van der Waals surface area (Å²) in [5.41, 5.74) is 2.15. The standard InChI is InChI=1S/C46H55N7O10S2/c1-46(2,3)63-45(55)50-25-24-35(30-50)53(64(56)57)41-23-22-40(34-8-7-9-36(54)26-34)42(44-47-49-52(48-44)29-33-14-20-39(62-6)21-15-33)43(41)65(58,59)51(27-31-10-16-37(60-4)17-11-31)28-32-12-18-38(61-5)19-13-32/h10-23,26,35-36,54,64H,7-9,24-25,27-30H2,1-6H3/t35-,36-/m1/s1. The van der Waals surface area contributed by atoms with E-state index in [0.29, 0.717) is 58.8 Å². The van der Waals surface area contributed by atoms with Gasteiger partial charge in [0.15, 0.2) is 0 Å². The minimum absolute atomic E-state index is 0.0159. The molecule has 2 aliphatic rings. The number of hydrogen-bond acceptors (Lipinski definition) is 13. The molecule has 1 aromatic heterocycles. The predicted octanol–water partition coefficient (Wildman–Crippen LogP) is 6.08. The van der Waals surface area contributed by atoms with Gasteiger partial charge >= 0.3 is 6.09 Å². The second-order valence-corrected chi connectivity index (χ2v) is 19.7. The number of likely N-dealkylation sites (tertiary alicyclic amines) is 1. The summed E-state index contributed by atoms with van der Waals surface area (Å²) in [7, 11) is -3.68. The molecular formula is C46H55N7O10S2. The number of ether oxygens (including phenoxy) is 4. The molecule has 17 nitrogen and oxygen atoms in total. The number of allylic oxidation sites excluding steroid dienone is 1. The zero-order valence-corrected chi connectivity index (χ0v) is 39.0. The summed E-state index contributed by atoms with van der Waals surface area (Å²) in [6, 6.07) is 23.5. The summed E-state index contributed by atoms with van der Waals surface area (Å²) in [6.45, 7) is 5.21. The third-order valence-corrected chi connectivity index (χ3v) is 14.0. The fraction of sp³-hybridized carbons (Fsp3) is 0.391. The van der Waals surface area contributed by atoms with Crippen molar-refractivity contribution >= 4 is 38.3 Å². The van der Waals surface area contributed by atoms with Crippen LogP contribution in [0.25, 0.3) is 17.0 Å². The van der Waals surface area contributed by atoms with Crippen molar-refractivity contribution in [1.29, 1.82) is 0 Å². The molecule has 1 N–H and O–H groups in total. The molecule has 0 saturated carbocycles. The van der Waals surface area contributed by atoms with Crippen molar-refractivity contribution < 1.29 is 45.7 Å². The maximum atomic E-state index is 16.1. The lowest BCUT2D eigenvalue weighted by Crippen LogP contribution is -2.41. The van der Waals surface area contributed by atoms with Crippen molar-refractivity contribution in [3.63, 3.8) is 0 Å². The highest BCUT2D eigenvalue weighted by Gasteiger charge is 2.41. The molecule has 0 bridgehead atoms. The van der Waals surface area contributed by atoms with Crippen LogP contribution in [0, 0.1) is 0 Å². The van der Waals surface area contributed by atoms with E-state index in [0.717, 1.165) is 9.87 Å². The number of methoxy groups -OCH3 is 3. The van der Waals surface area contributed by atoms with Crippen LogP contribution >= 0.6 is 0 Å². The molecule has 65 heavy (non-hydrogen) atoms. The number of hydrogen-bond donors (Lipinski definition) is 2.